The van der Waals surface area contributed by atoms with E-state index < -0.39 is 17.7 Å². The first kappa shape index (κ1) is 17.5. The van der Waals surface area contributed by atoms with Crippen LogP contribution in [-0.4, -0.2) is 23.6 Å². The van der Waals surface area contributed by atoms with Crippen molar-refractivity contribution in [1.29, 1.82) is 0 Å². The van der Waals surface area contributed by atoms with Gasteiger partial charge in [-0.25, -0.2) is 4.79 Å². The predicted molar refractivity (Wildman–Crippen MR) is 84.8 cm³/mol. The minimum absolute atomic E-state index is 0.263. The fourth-order valence-corrected chi connectivity index (χ4v) is 1.99. The summed E-state index contributed by atoms with van der Waals surface area (Å²) in [5.41, 5.74) is 0.388. The van der Waals surface area contributed by atoms with Gasteiger partial charge in [0.25, 0.3) is 0 Å². The molecule has 1 aromatic carbocycles. The first-order valence-corrected chi connectivity index (χ1v) is 7.48. The summed E-state index contributed by atoms with van der Waals surface area (Å²) >= 11 is 3.37. The van der Waals surface area contributed by atoms with E-state index in [9.17, 15) is 9.59 Å². The van der Waals surface area contributed by atoms with Gasteiger partial charge in [-0.3, -0.25) is 4.79 Å². The lowest BCUT2D eigenvalue weighted by molar-refractivity contribution is -0.122. The van der Waals surface area contributed by atoms with Crippen molar-refractivity contribution in [2.75, 3.05) is 0 Å². The van der Waals surface area contributed by atoms with Crippen molar-refractivity contribution in [3.05, 3.63) is 34.3 Å². The minimum atomic E-state index is -0.660. The van der Waals surface area contributed by atoms with Gasteiger partial charge < -0.3 is 15.4 Å². The maximum absolute atomic E-state index is 11.9. The molecule has 0 aliphatic carbocycles. The molecule has 0 aliphatic heterocycles. The third-order valence-electron chi connectivity index (χ3n) is 2.48. The maximum atomic E-state index is 11.9. The van der Waals surface area contributed by atoms with Crippen molar-refractivity contribution in [2.45, 2.75) is 45.9 Å². The highest BCUT2D eigenvalue weighted by molar-refractivity contribution is 9.10. The number of alkyl carbamates (subject to hydrolysis) is 1. The molecule has 1 rings (SSSR count). The van der Waals surface area contributed by atoms with E-state index >= 15 is 0 Å². The molecule has 0 spiro atoms. The number of carbonyl (C=O) groups excluding carboxylic acids is 2. The summed E-state index contributed by atoms with van der Waals surface area (Å²) in [6.07, 6.45) is -0.604. The Bertz CT molecular complexity index is 512. The summed E-state index contributed by atoms with van der Waals surface area (Å²) in [6.45, 7) is 7.32. The number of hydrogen-bond donors (Lipinski definition) is 2. The Morgan fingerprint density at radius 2 is 2.00 bits per heavy atom. The van der Waals surface area contributed by atoms with Crippen LogP contribution in [0.15, 0.2) is 28.7 Å². The molecule has 0 aromatic heterocycles. The summed E-state index contributed by atoms with van der Waals surface area (Å²) in [5.74, 6) is -0.263. The molecule has 1 atom stereocenters. The molecule has 116 valence electrons. The molecule has 0 bridgehead atoms. The van der Waals surface area contributed by atoms with Gasteiger partial charge in [0.05, 0.1) is 0 Å². The second-order valence-electron chi connectivity index (χ2n) is 5.72. The van der Waals surface area contributed by atoms with E-state index in [-0.39, 0.29) is 5.91 Å². The predicted octanol–water partition coefficient (Wildman–Crippen LogP) is 2.98. The summed E-state index contributed by atoms with van der Waals surface area (Å²) in [7, 11) is 0. The zero-order chi connectivity index (χ0) is 16.0. The topological polar surface area (TPSA) is 67.4 Å². The summed E-state index contributed by atoms with van der Waals surface area (Å²) in [5, 5.41) is 5.27. The SMILES string of the molecule is C[C@H](NC(=O)OC(C)(C)C)C(=O)NCc1cccc(Br)c1. The van der Waals surface area contributed by atoms with Crippen LogP contribution in [0.5, 0.6) is 0 Å². The van der Waals surface area contributed by atoms with Crippen LogP contribution in [0.4, 0.5) is 4.79 Å². The highest BCUT2D eigenvalue weighted by Crippen LogP contribution is 2.11. The molecule has 6 heteroatoms. The minimum Gasteiger partial charge on any atom is -0.444 e. The molecule has 0 fully saturated rings. The van der Waals surface area contributed by atoms with E-state index in [1.54, 1.807) is 27.7 Å². The van der Waals surface area contributed by atoms with Gasteiger partial charge in [0.2, 0.25) is 5.91 Å². The monoisotopic (exact) mass is 356 g/mol. The van der Waals surface area contributed by atoms with Crippen LogP contribution in [0, 0.1) is 0 Å². The quantitative estimate of drug-likeness (QED) is 0.871. The molecule has 5 nitrogen and oxygen atoms in total. The fraction of sp³-hybridized carbons (Fsp3) is 0.467. The summed E-state index contributed by atoms with van der Waals surface area (Å²) in [6, 6.07) is 6.99. The van der Waals surface area contributed by atoms with Crippen molar-refractivity contribution < 1.29 is 14.3 Å². The van der Waals surface area contributed by atoms with Gasteiger partial charge in [0.1, 0.15) is 11.6 Å². The largest absolute Gasteiger partial charge is 0.444 e. The Balaban J connectivity index is 2.43. The Hall–Kier alpha value is -1.56. The fourth-order valence-electron chi connectivity index (χ4n) is 1.54. The molecule has 0 unspecified atom stereocenters. The second kappa shape index (κ2) is 7.45. The first-order chi connectivity index (χ1) is 9.67. The molecular formula is C15H21BrN2O3. The van der Waals surface area contributed by atoms with Crippen molar-refractivity contribution >= 4 is 27.9 Å². The lowest BCUT2D eigenvalue weighted by atomic mass is 10.2. The van der Waals surface area contributed by atoms with E-state index in [0.29, 0.717) is 6.54 Å². The molecule has 0 saturated carbocycles. The van der Waals surface area contributed by atoms with Crippen molar-refractivity contribution in [3.63, 3.8) is 0 Å². The lowest BCUT2D eigenvalue weighted by Crippen LogP contribution is -2.46. The maximum Gasteiger partial charge on any atom is 0.408 e. The van der Waals surface area contributed by atoms with Crippen molar-refractivity contribution in [3.8, 4) is 0 Å². The molecular weight excluding hydrogens is 336 g/mol. The molecule has 1 aromatic rings. The standard InChI is InChI=1S/C15H21BrN2O3/c1-10(18-14(20)21-15(2,3)4)13(19)17-9-11-6-5-7-12(16)8-11/h5-8,10H,9H2,1-4H3,(H,17,19)(H,18,20)/t10-/m0/s1. The lowest BCUT2D eigenvalue weighted by Gasteiger charge is -2.21. The van der Waals surface area contributed by atoms with E-state index in [4.69, 9.17) is 4.74 Å². The number of nitrogens with one attached hydrogen (secondary N) is 2. The highest BCUT2D eigenvalue weighted by Gasteiger charge is 2.20. The second-order valence-corrected chi connectivity index (χ2v) is 6.63. The number of rotatable bonds is 4. The van der Waals surface area contributed by atoms with Crippen molar-refractivity contribution in [1.82, 2.24) is 10.6 Å². The number of hydrogen-bond acceptors (Lipinski definition) is 3. The average molecular weight is 357 g/mol. The van der Waals surface area contributed by atoms with Crippen LogP contribution in [0.1, 0.15) is 33.3 Å². The highest BCUT2D eigenvalue weighted by atomic mass is 79.9. The average Bonchev–Trinajstić information content (AvgIpc) is 2.33. The normalized spacial score (nSPS) is 12.4. The first-order valence-electron chi connectivity index (χ1n) is 6.69. The molecule has 0 heterocycles. The molecule has 0 aliphatic rings. The molecule has 2 amide bonds. The van der Waals surface area contributed by atoms with Gasteiger partial charge in [0.15, 0.2) is 0 Å². The number of carbonyl (C=O) groups is 2. The van der Waals surface area contributed by atoms with Crippen LogP contribution in [0.25, 0.3) is 0 Å². The zero-order valence-corrected chi connectivity index (χ0v) is 14.3. The Labute approximate surface area is 133 Å². The molecule has 0 saturated heterocycles. The Morgan fingerprint density at radius 1 is 1.33 bits per heavy atom. The van der Waals surface area contributed by atoms with Crippen molar-refractivity contribution in [2.24, 2.45) is 0 Å². The van der Waals surface area contributed by atoms with Gasteiger partial charge in [-0.05, 0) is 45.4 Å². The van der Waals surface area contributed by atoms with E-state index in [0.717, 1.165) is 10.0 Å². The van der Waals surface area contributed by atoms with E-state index in [2.05, 4.69) is 26.6 Å². The third-order valence-corrected chi connectivity index (χ3v) is 2.98. The van der Waals surface area contributed by atoms with E-state index in [1.807, 2.05) is 24.3 Å². The van der Waals surface area contributed by atoms with Gasteiger partial charge >= 0.3 is 6.09 Å². The van der Waals surface area contributed by atoms with Crippen LogP contribution in [0.2, 0.25) is 0 Å². The zero-order valence-electron chi connectivity index (χ0n) is 12.7. The third kappa shape index (κ3) is 7.13. The number of benzene rings is 1. The molecule has 0 radical (unpaired) electrons. The number of halogens is 1. The van der Waals surface area contributed by atoms with Gasteiger partial charge in [-0.1, -0.05) is 28.1 Å². The summed E-state index contributed by atoms with van der Waals surface area (Å²) in [4.78, 5) is 23.5. The van der Waals surface area contributed by atoms with E-state index in [1.165, 1.54) is 0 Å². The summed E-state index contributed by atoms with van der Waals surface area (Å²) < 4.78 is 6.05. The van der Waals surface area contributed by atoms with Gasteiger partial charge in [-0.2, -0.15) is 0 Å². The van der Waals surface area contributed by atoms with Crippen LogP contribution < -0.4 is 10.6 Å². The number of amides is 2. The number of ether oxygens (including phenoxy) is 1. The Morgan fingerprint density at radius 3 is 2.57 bits per heavy atom. The molecule has 2 N–H and O–H groups in total. The van der Waals surface area contributed by atoms with Gasteiger partial charge in [0, 0.05) is 11.0 Å². The molecule has 21 heavy (non-hydrogen) atoms. The van der Waals surface area contributed by atoms with Crippen LogP contribution >= 0.6 is 15.9 Å². The van der Waals surface area contributed by atoms with Crippen LogP contribution in [0.3, 0.4) is 0 Å². The van der Waals surface area contributed by atoms with Crippen LogP contribution in [-0.2, 0) is 16.1 Å². The Kier molecular flexibility index (Phi) is 6.20. The van der Waals surface area contributed by atoms with Gasteiger partial charge in [-0.15, -0.1) is 0 Å². The smallest absolute Gasteiger partial charge is 0.408 e.